The molecule has 2 rings (SSSR count). The maximum absolute atomic E-state index is 12.4. The van der Waals surface area contributed by atoms with Crippen LogP contribution in [0.2, 0.25) is 0 Å². The van der Waals surface area contributed by atoms with E-state index in [9.17, 15) is 13.2 Å². The third-order valence-corrected chi connectivity index (χ3v) is 4.63. The van der Waals surface area contributed by atoms with E-state index in [-0.39, 0.29) is 11.3 Å². The van der Waals surface area contributed by atoms with Crippen LogP contribution in [0.25, 0.3) is 10.8 Å². The first kappa shape index (κ1) is 16.2. The first-order chi connectivity index (χ1) is 10.5. The molecule has 0 saturated heterocycles. The quantitative estimate of drug-likeness (QED) is 0.428. The van der Waals surface area contributed by atoms with E-state index >= 15 is 0 Å². The minimum absolute atomic E-state index is 0.0472. The fourth-order valence-corrected chi connectivity index (χ4v) is 3.29. The molecule has 1 amide bonds. The molecule has 0 saturated carbocycles. The number of carbonyl (C=O) groups excluding carboxylic acids is 1. The zero-order chi connectivity index (χ0) is 16.2. The molecular weight excluding hydrogens is 304 g/mol. The van der Waals surface area contributed by atoms with Gasteiger partial charge in [0.2, 0.25) is 10.0 Å². The summed E-state index contributed by atoms with van der Waals surface area (Å²) in [4.78, 5) is 11.5. The van der Waals surface area contributed by atoms with Crippen molar-refractivity contribution in [3.8, 4) is 0 Å². The number of hydrogen-bond donors (Lipinski definition) is 3. The molecule has 1 atom stereocenters. The smallest absolute Gasteiger partial charge is 0.261 e. The van der Waals surface area contributed by atoms with Crippen molar-refractivity contribution in [3.63, 3.8) is 0 Å². The van der Waals surface area contributed by atoms with Crippen molar-refractivity contribution in [2.24, 2.45) is 0 Å². The summed E-state index contributed by atoms with van der Waals surface area (Å²) in [7, 11) is -3.90. The van der Waals surface area contributed by atoms with Gasteiger partial charge in [0.1, 0.15) is 6.04 Å². The van der Waals surface area contributed by atoms with Crippen LogP contribution in [0.3, 0.4) is 0 Å². The molecular formula is C15H16N2O4S. The summed E-state index contributed by atoms with van der Waals surface area (Å²) < 4.78 is 27.0. The van der Waals surface area contributed by atoms with Crippen LogP contribution < -0.4 is 10.2 Å². The van der Waals surface area contributed by atoms with Gasteiger partial charge in [-0.2, -0.15) is 4.72 Å². The number of rotatable bonds is 6. The fourth-order valence-electron chi connectivity index (χ4n) is 2.04. The lowest BCUT2D eigenvalue weighted by Crippen LogP contribution is -2.45. The van der Waals surface area contributed by atoms with Gasteiger partial charge in [0.05, 0.1) is 4.90 Å². The topological polar surface area (TPSA) is 95.5 Å². The Labute approximate surface area is 128 Å². The van der Waals surface area contributed by atoms with E-state index in [0.717, 1.165) is 10.8 Å². The van der Waals surface area contributed by atoms with Crippen molar-refractivity contribution in [1.82, 2.24) is 10.2 Å². The van der Waals surface area contributed by atoms with E-state index in [1.165, 1.54) is 23.7 Å². The first-order valence-corrected chi connectivity index (χ1v) is 8.02. The number of nitrogens with one attached hydrogen (secondary N) is 2. The van der Waals surface area contributed by atoms with Crippen LogP contribution in [0, 0.1) is 0 Å². The van der Waals surface area contributed by atoms with Crippen molar-refractivity contribution < 1.29 is 18.4 Å². The first-order valence-electron chi connectivity index (χ1n) is 6.54. The summed E-state index contributed by atoms with van der Waals surface area (Å²) in [5.41, 5.74) is 1.44. The number of sulfonamides is 1. The van der Waals surface area contributed by atoms with Crippen LogP contribution in [0.5, 0.6) is 0 Å². The monoisotopic (exact) mass is 320 g/mol. The number of carbonyl (C=O) groups is 1. The summed E-state index contributed by atoms with van der Waals surface area (Å²) in [5.74, 6) is -0.843. The number of hydroxylamine groups is 1. The lowest BCUT2D eigenvalue weighted by molar-refractivity contribution is -0.130. The highest BCUT2D eigenvalue weighted by atomic mass is 32.2. The van der Waals surface area contributed by atoms with Crippen LogP contribution in [-0.2, 0) is 14.8 Å². The average Bonchev–Trinajstić information content (AvgIpc) is 2.53. The van der Waals surface area contributed by atoms with Crippen molar-refractivity contribution >= 4 is 26.7 Å². The minimum Gasteiger partial charge on any atom is -0.289 e. The Hall–Kier alpha value is -2.22. The van der Waals surface area contributed by atoms with Gasteiger partial charge in [0, 0.05) is 0 Å². The highest BCUT2D eigenvalue weighted by molar-refractivity contribution is 7.89. The van der Waals surface area contributed by atoms with Crippen LogP contribution >= 0.6 is 0 Å². The number of benzene rings is 2. The standard InChI is InChI=1S/C15H16N2O4S/c1-2-5-14(15(18)16-19)17-22(20,21)13-9-8-11-6-3-4-7-12(11)10-13/h2-4,6-10,14,17,19H,1,5H2,(H,16,18)/t14-/m1/s1. The Balaban J connectivity index is 2.34. The van der Waals surface area contributed by atoms with Gasteiger partial charge in [-0.05, 0) is 29.3 Å². The zero-order valence-electron chi connectivity index (χ0n) is 11.7. The van der Waals surface area contributed by atoms with Gasteiger partial charge in [-0.15, -0.1) is 6.58 Å². The molecule has 7 heteroatoms. The molecule has 0 aliphatic heterocycles. The third-order valence-electron chi connectivity index (χ3n) is 3.16. The molecule has 6 nitrogen and oxygen atoms in total. The number of fused-ring (bicyclic) bond motifs is 1. The normalized spacial score (nSPS) is 12.8. The van der Waals surface area contributed by atoms with Gasteiger partial charge in [-0.1, -0.05) is 36.4 Å². The van der Waals surface area contributed by atoms with E-state index in [1.807, 2.05) is 18.2 Å². The molecule has 0 fully saturated rings. The summed E-state index contributed by atoms with van der Waals surface area (Å²) in [6.45, 7) is 3.46. The summed E-state index contributed by atoms with van der Waals surface area (Å²) >= 11 is 0. The molecule has 0 bridgehead atoms. The average molecular weight is 320 g/mol. The molecule has 2 aromatic rings. The van der Waals surface area contributed by atoms with Gasteiger partial charge < -0.3 is 0 Å². The van der Waals surface area contributed by atoms with E-state index in [0.29, 0.717) is 0 Å². The molecule has 0 unspecified atom stereocenters. The van der Waals surface area contributed by atoms with E-state index in [4.69, 9.17) is 5.21 Å². The van der Waals surface area contributed by atoms with Crippen molar-refractivity contribution in [2.75, 3.05) is 0 Å². The number of amides is 1. The van der Waals surface area contributed by atoms with Crippen LogP contribution in [0.1, 0.15) is 6.42 Å². The van der Waals surface area contributed by atoms with Crippen molar-refractivity contribution in [1.29, 1.82) is 0 Å². The maximum atomic E-state index is 12.4. The molecule has 0 aliphatic carbocycles. The molecule has 2 aromatic carbocycles. The molecule has 3 N–H and O–H groups in total. The molecule has 0 aliphatic rings. The zero-order valence-corrected chi connectivity index (χ0v) is 12.5. The lowest BCUT2D eigenvalue weighted by Gasteiger charge is -2.15. The molecule has 0 aromatic heterocycles. The largest absolute Gasteiger partial charge is 0.289 e. The Bertz CT molecular complexity index is 802. The lowest BCUT2D eigenvalue weighted by atomic mass is 10.1. The van der Waals surface area contributed by atoms with Gasteiger partial charge in [0.15, 0.2) is 0 Å². The number of hydrogen-bond acceptors (Lipinski definition) is 4. The fraction of sp³-hybridized carbons (Fsp3) is 0.133. The van der Waals surface area contributed by atoms with E-state index in [2.05, 4.69) is 11.3 Å². The Kier molecular flexibility index (Phi) is 4.92. The van der Waals surface area contributed by atoms with Crippen LogP contribution in [0.15, 0.2) is 60.0 Å². The molecule has 0 spiro atoms. The highest BCUT2D eigenvalue weighted by Gasteiger charge is 2.24. The minimum atomic E-state index is -3.90. The Morgan fingerprint density at radius 3 is 2.55 bits per heavy atom. The maximum Gasteiger partial charge on any atom is 0.261 e. The van der Waals surface area contributed by atoms with E-state index in [1.54, 1.807) is 12.1 Å². The van der Waals surface area contributed by atoms with E-state index < -0.39 is 22.0 Å². The van der Waals surface area contributed by atoms with Crippen LogP contribution in [0.4, 0.5) is 0 Å². The highest BCUT2D eigenvalue weighted by Crippen LogP contribution is 2.19. The van der Waals surface area contributed by atoms with Crippen LogP contribution in [-0.4, -0.2) is 25.6 Å². The summed E-state index contributed by atoms with van der Waals surface area (Å²) in [6, 6.07) is 10.9. The summed E-state index contributed by atoms with van der Waals surface area (Å²) in [6.07, 6.45) is 1.45. The molecule has 116 valence electrons. The third kappa shape index (κ3) is 3.51. The predicted molar refractivity (Wildman–Crippen MR) is 82.8 cm³/mol. The van der Waals surface area contributed by atoms with Gasteiger partial charge >= 0.3 is 0 Å². The van der Waals surface area contributed by atoms with Gasteiger partial charge in [-0.25, -0.2) is 13.9 Å². The Morgan fingerprint density at radius 1 is 1.23 bits per heavy atom. The van der Waals surface area contributed by atoms with Gasteiger partial charge in [0.25, 0.3) is 5.91 Å². The SMILES string of the molecule is C=CC[C@@H](NS(=O)(=O)c1ccc2ccccc2c1)C(=O)NO. The second kappa shape index (κ2) is 6.69. The van der Waals surface area contributed by atoms with Gasteiger partial charge in [-0.3, -0.25) is 10.0 Å². The molecule has 0 radical (unpaired) electrons. The molecule has 0 heterocycles. The predicted octanol–water partition coefficient (Wildman–Crippen LogP) is 1.57. The van der Waals surface area contributed by atoms with Crippen molar-refractivity contribution in [3.05, 3.63) is 55.1 Å². The second-order valence-electron chi connectivity index (χ2n) is 4.68. The Morgan fingerprint density at radius 2 is 1.91 bits per heavy atom. The molecule has 22 heavy (non-hydrogen) atoms. The van der Waals surface area contributed by atoms with Crippen molar-refractivity contribution in [2.45, 2.75) is 17.4 Å². The summed E-state index contributed by atoms with van der Waals surface area (Å²) in [5, 5.41) is 10.4. The second-order valence-corrected chi connectivity index (χ2v) is 6.40.